The molecule has 0 saturated carbocycles. The Morgan fingerprint density at radius 2 is 1.79 bits per heavy atom. The van der Waals surface area contributed by atoms with Crippen molar-refractivity contribution in [3.8, 4) is 0 Å². The third kappa shape index (κ3) is 5.55. The smallest absolute Gasteiger partial charge is 0.253 e. The number of hydrogen-bond acceptors (Lipinski definition) is 3. The topological polar surface area (TPSA) is 61.4 Å². The van der Waals surface area contributed by atoms with Gasteiger partial charge in [-0.3, -0.25) is 14.5 Å². The Morgan fingerprint density at radius 3 is 2.52 bits per heavy atom. The summed E-state index contributed by atoms with van der Waals surface area (Å²) in [5, 5.41) is 5.73. The number of nitrogens with zero attached hydrogens (tertiary/aromatic N) is 1. The third-order valence-electron chi connectivity index (χ3n) is 5.45. The lowest BCUT2D eigenvalue weighted by Gasteiger charge is -2.31. The molecule has 2 aromatic carbocycles. The molecular formula is C24H29N3O2. The van der Waals surface area contributed by atoms with Crippen LogP contribution in [0.3, 0.4) is 0 Å². The van der Waals surface area contributed by atoms with E-state index in [1.807, 2.05) is 6.07 Å². The van der Waals surface area contributed by atoms with Crippen LogP contribution in [0, 0.1) is 12.8 Å². The summed E-state index contributed by atoms with van der Waals surface area (Å²) in [6, 6.07) is 15.6. The predicted molar refractivity (Wildman–Crippen MR) is 117 cm³/mol. The van der Waals surface area contributed by atoms with Crippen LogP contribution in [0.5, 0.6) is 0 Å². The van der Waals surface area contributed by atoms with Crippen LogP contribution in [0.2, 0.25) is 0 Å². The highest BCUT2D eigenvalue weighted by Crippen LogP contribution is 2.23. The number of rotatable bonds is 7. The molecule has 1 aliphatic rings. The summed E-state index contributed by atoms with van der Waals surface area (Å²) >= 11 is 0. The maximum Gasteiger partial charge on any atom is 0.253 e. The van der Waals surface area contributed by atoms with Crippen LogP contribution >= 0.6 is 0 Å². The standard InChI is InChI=1S/C24H29N3O2/c1-3-14-25-24(29)21-10-6-7-11-22(21)26-23(28)19-12-15-27(16-13-19)17-20-9-5-4-8-18(20)2/h3-11,19H,1,12-17H2,2H3,(H,25,29)(H,26,28). The van der Waals surface area contributed by atoms with E-state index in [-0.39, 0.29) is 17.7 Å². The molecule has 1 fully saturated rings. The zero-order valence-electron chi connectivity index (χ0n) is 17.0. The van der Waals surface area contributed by atoms with E-state index in [0.717, 1.165) is 32.5 Å². The minimum Gasteiger partial charge on any atom is -0.349 e. The number of carbonyl (C=O) groups is 2. The monoisotopic (exact) mass is 391 g/mol. The molecule has 1 aliphatic heterocycles. The van der Waals surface area contributed by atoms with Gasteiger partial charge in [-0.2, -0.15) is 0 Å². The van der Waals surface area contributed by atoms with E-state index in [2.05, 4.69) is 53.3 Å². The van der Waals surface area contributed by atoms with Gasteiger partial charge in [0.1, 0.15) is 0 Å². The van der Waals surface area contributed by atoms with Crippen molar-refractivity contribution in [2.75, 3.05) is 25.0 Å². The molecule has 3 rings (SSSR count). The molecule has 5 heteroatoms. The Hall–Kier alpha value is -2.92. The number of carbonyl (C=O) groups excluding carboxylic acids is 2. The summed E-state index contributed by atoms with van der Waals surface area (Å²) in [6.45, 7) is 8.85. The van der Waals surface area contributed by atoms with Gasteiger partial charge in [0.2, 0.25) is 5.91 Å². The minimum absolute atomic E-state index is 0.00971. The second-order valence-electron chi connectivity index (χ2n) is 7.51. The van der Waals surface area contributed by atoms with Gasteiger partial charge >= 0.3 is 0 Å². The Balaban J connectivity index is 1.56. The zero-order chi connectivity index (χ0) is 20.6. The summed E-state index contributed by atoms with van der Waals surface area (Å²) in [5.74, 6) is -0.259. The fourth-order valence-electron chi connectivity index (χ4n) is 3.67. The number of para-hydroxylation sites is 1. The molecule has 0 unspecified atom stereocenters. The molecule has 0 bridgehead atoms. The van der Waals surface area contributed by atoms with Crippen LogP contribution in [0.25, 0.3) is 0 Å². The lowest BCUT2D eigenvalue weighted by atomic mass is 9.95. The van der Waals surface area contributed by atoms with Gasteiger partial charge in [-0.1, -0.05) is 42.5 Å². The van der Waals surface area contributed by atoms with Gasteiger partial charge in [0.05, 0.1) is 11.3 Å². The lowest BCUT2D eigenvalue weighted by molar-refractivity contribution is -0.121. The molecular weight excluding hydrogens is 362 g/mol. The van der Waals surface area contributed by atoms with Crippen LogP contribution in [0.1, 0.15) is 34.3 Å². The number of aryl methyl sites for hydroxylation is 1. The molecule has 2 N–H and O–H groups in total. The van der Waals surface area contributed by atoms with Crippen molar-refractivity contribution in [1.82, 2.24) is 10.2 Å². The van der Waals surface area contributed by atoms with Gasteiger partial charge in [0.25, 0.3) is 5.91 Å². The minimum atomic E-state index is -0.214. The van der Waals surface area contributed by atoms with Gasteiger partial charge in [0, 0.05) is 19.0 Å². The highest BCUT2D eigenvalue weighted by molar-refractivity contribution is 6.04. The van der Waals surface area contributed by atoms with E-state index in [4.69, 9.17) is 0 Å². The maximum atomic E-state index is 12.8. The van der Waals surface area contributed by atoms with Crippen LogP contribution in [-0.2, 0) is 11.3 Å². The number of anilines is 1. The molecule has 1 heterocycles. The Labute approximate surface area is 172 Å². The van der Waals surface area contributed by atoms with Crippen molar-refractivity contribution in [3.05, 3.63) is 77.9 Å². The molecule has 2 aromatic rings. The molecule has 2 amide bonds. The molecule has 0 radical (unpaired) electrons. The SMILES string of the molecule is C=CCNC(=O)c1ccccc1NC(=O)C1CCN(Cc2ccccc2C)CC1. The van der Waals surface area contributed by atoms with Gasteiger partial charge in [-0.05, 0) is 56.1 Å². The average molecular weight is 392 g/mol. The average Bonchev–Trinajstić information content (AvgIpc) is 2.74. The van der Waals surface area contributed by atoms with Crippen LogP contribution in [0.4, 0.5) is 5.69 Å². The molecule has 0 aliphatic carbocycles. The summed E-state index contributed by atoms with van der Waals surface area (Å²) in [5.41, 5.74) is 3.68. The number of piperidine rings is 1. The van der Waals surface area contributed by atoms with Gasteiger partial charge in [-0.15, -0.1) is 6.58 Å². The molecule has 5 nitrogen and oxygen atoms in total. The molecule has 1 saturated heterocycles. The van der Waals surface area contributed by atoms with Crippen LogP contribution in [-0.4, -0.2) is 36.3 Å². The fraction of sp³-hybridized carbons (Fsp3) is 0.333. The molecule has 152 valence electrons. The molecule has 0 atom stereocenters. The number of hydrogen-bond donors (Lipinski definition) is 2. The van der Waals surface area contributed by atoms with Crippen molar-refractivity contribution in [1.29, 1.82) is 0 Å². The summed E-state index contributed by atoms with van der Waals surface area (Å²) in [6.07, 6.45) is 3.27. The Morgan fingerprint density at radius 1 is 1.10 bits per heavy atom. The van der Waals surface area contributed by atoms with Gasteiger partial charge < -0.3 is 10.6 Å². The van der Waals surface area contributed by atoms with Gasteiger partial charge in [0.15, 0.2) is 0 Å². The van der Waals surface area contributed by atoms with Crippen molar-refractivity contribution >= 4 is 17.5 Å². The largest absolute Gasteiger partial charge is 0.349 e. The number of amides is 2. The lowest BCUT2D eigenvalue weighted by Crippen LogP contribution is -2.38. The Kier molecular flexibility index (Phi) is 7.19. The van der Waals surface area contributed by atoms with Crippen molar-refractivity contribution in [2.24, 2.45) is 5.92 Å². The third-order valence-corrected chi connectivity index (χ3v) is 5.45. The maximum absolute atomic E-state index is 12.8. The number of benzene rings is 2. The molecule has 29 heavy (non-hydrogen) atoms. The first kappa shape index (κ1) is 20.8. The summed E-state index contributed by atoms with van der Waals surface area (Å²) in [4.78, 5) is 27.5. The van der Waals surface area contributed by atoms with Crippen molar-refractivity contribution in [3.63, 3.8) is 0 Å². The van der Waals surface area contributed by atoms with E-state index in [0.29, 0.717) is 17.8 Å². The first-order valence-corrected chi connectivity index (χ1v) is 10.1. The van der Waals surface area contributed by atoms with E-state index < -0.39 is 0 Å². The van der Waals surface area contributed by atoms with Crippen molar-refractivity contribution in [2.45, 2.75) is 26.3 Å². The first-order chi connectivity index (χ1) is 14.1. The summed E-state index contributed by atoms with van der Waals surface area (Å²) < 4.78 is 0. The van der Waals surface area contributed by atoms with E-state index >= 15 is 0 Å². The van der Waals surface area contributed by atoms with E-state index in [1.54, 1.807) is 24.3 Å². The fourth-order valence-corrected chi connectivity index (χ4v) is 3.67. The number of nitrogens with one attached hydrogen (secondary N) is 2. The zero-order valence-corrected chi connectivity index (χ0v) is 17.0. The predicted octanol–water partition coefficient (Wildman–Crippen LogP) is 3.76. The molecule has 0 aromatic heterocycles. The number of likely N-dealkylation sites (tertiary alicyclic amines) is 1. The van der Waals surface area contributed by atoms with E-state index in [1.165, 1.54) is 11.1 Å². The first-order valence-electron chi connectivity index (χ1n) is 10.1. The van der Waals surface area contributed by atoms with Gasteiger partial charge in [-0.25, -0.2) is 0 Å². The van der Waals surface area contributed by atoms with Crippen LogP contribution in [0.15, 0.2) is 61.2 Å². The highest BCUT2D eigenvalue weighted by atomic mass is 16.2. The molecule has 0 spiro atoms. The second-order valence-corrected chi connectivity index (χ2v) is 7.51. The summed E-state index contributed by atoms with van der Waals surface area (Å²) in [7, 11) is 0. The Bertz CT molecular complexity index is 870. The van der Waals surface area contributed by atoms with Crippen molar-refractivity contribution < 1.29 is 9.59 Å². The quantitative estimate of drug-likeness (QED) is 0.707. The highest BCUT2D eigenvalue weighted by Gasteiger charge is 2.26. The van der Waals surface area contributed by atoms with E-state index in [9.17, 15) is 9.59 Å². The second kappa shape index (κ2) is 10.0. The van der Waals surface area contributed by atoms with Crippen LogP contribution < -0.4 is 10.6 Å². The normalized spacial score (nSPS) is 14.9.